The van der Waals surface area contributed by atoms with Gasteiger partial charge in [-0.1, -0.05) is 29.4 Å². The molecule has 0 bridgehead atoms. The van der Waals surface area contributed by atoms with Gasteiger partial charge in [0.2, 0.25) is 0 Å². The lowest BCUT2D eigenvalue weighted by Gasteiger charge is -2.26. The first-order valence-electron chi connectivity index (χ1n) is 8.73. The van der Waals surface area contributed by atoms with Crippen LogP contribution in [0, 0.1) is 0 Å². The van der Waals surface area contributed by atoms with Gasteiger partial charge in [0.1, 0.15) is 6.10 Å². The average Bonchev–Trinajstić information content (AvgIpc) is 3.09. The second-order valence-electron chi connectivity index (χ2n) is 6.96. The van der Waals surface area contributed by atoms with Crippen molar-refractivity contribution in [3.05, 3.63) is 35.4 Å². The van der Waals surface area contributed by atoms with Crippen LogP contribution in [0.1, 0.15) is 43.7 Å². The van der Waals surface area contributed by atoms with E-state index in [1.807, 2.05) is 24.3 Å². The maximum absolute atomic E-state index is 12.2. The molecule has 1 heterocycles. The highest BCUT2D eigenvalue weighted by atomic mass is 32.2. The average molecular weight is 400 g/mol. The molecule has 0 radical (unpaired) electrons. The number of hydrogen-bond acceptors (Lipinski definition) is 6. The standard InChI is InChI=1S/C18H25FN2O5S/c1-18(17(22)20-23,27(2,24)25)12-15-11-16(21-26-15)14-8-6-13(7-9-14)5-3-4-10-19/h6-9,15,23H,3-5,10-12H2,1-2H3,(H,20,22)/t15-,18-/m1/s1. The summed E-state index contributed by atoms with van der Waals surface area (Å²) < 4.78 is 34.4. The SMILES string of the molecule is C[C@@](C[C@H]1CC(c2ccc(CCCCF)cc2)=NO1)(C(=O)NO)S(C)(=O)=O. The lowest BCUT2D eigenvalue weighted by molar-refractivity contribution is -0.132. The van der Waals surface area contributed by atoms with Gasteiger partial charge in [-0.2, -0.15) is 0 Å². The van der Waals surface area contributed by atoms with Crippen molar-refractivity contribution >= 4 is 21.5 Å². The van der Waals surface area contributed by atoms with Crippen molar-refractivity contribution in [2.45, 2.75) is 49.9 Å². The van der Waals surface area contributed by atoms with Crippen LogP contribution in [-0.2, 0) is 25.9 Å². The number of benzene rings is 1. The lowest BCUT2D eigenvalue weighted by atomic mass is 9.96. The topological polar surface area (TPSA) is 105 Å². The van der Waals surface area contributed by atoms with E-state index in [9.17, 15) is 17.6 Å². The Morgan fingerprint density at radius 1 is 1.37 bits per heavy atom. The van der Waals surface area contributed by atoms with Gasteiger partial charge in [0.05, 0.1) is 12.4 Å². The molecule has 0 unspecified atom stereocenters. The fourth-order valence-corrected chi connectivity index (χ4v) is 3.83. The van der Waals surface area contributed by atoms with Gasteiger partial charge >= 0.3 is 0 Å². The van der Waals surface area contributed by atoms with Crippen molar-refractivity contribution in [3.8, 4) is 0 Å². The summed E-state index contributed by atoms with van der Waals surface area (Å²) in [4.78, 5) is 17.2. The fourth-order valence-electron chi connectivity index (χ4n) is 2.96. The first-order valence-corrected chi connectivity index (χ1v) is 10.6. The Kier molecular flexibility index (Phi) is 6.94. The molecule has 27 heavy (non-hydrogen) atoms. The first-order chi connectivity index (χ1) is 12.7. The molecule has 1 aliphatic rings. The molecular weight excluding hydrogens is 375 g/mol. The number of nitrogens with one attached hydrogen (secondary N) is 1. The molecule has 0 saturated heterocycles. The van der Waals surface area contributed by atoms with E-state index in [4.69, 9.17) is 10.0 Å². The third-order valence-corrected chi connectivity index (χ3v) is 6.88. The Hall–Kier alpha value is -2.00. The molecule has 0 fully saturated rings. The molecule has 1 aliphatic heterocycles. The quantitative estimate of drug-likeness (QED) is 0.375. The molecule has 1 aromatic carbocycles. The van der Waals surface area contributed by atoms with Crippen LogP contribution in [0.15, 0.2) is 29.4 Å². The highest BCUT2D eigenvalue weighted by molar-refractivity contribution is 7.92. The monoisotopic (exact) mass is 400 g/mol. The predicted molar refractivity (Wildman–Crippen MR) is 99.2 cm³/mol. The summed E-state index contributed by atoms with van der Waals surface area (Å²) >= 11 is 0. The zero-order chi connectivity index (χ0) is 20.1. The number of hydrogen-bond donors (Lipinski definition) is 2. The minimum Gasteiger partial charge on any atom is -0.392 e. The lowest BCUT2D eigenvalue weighted by Crippen LogP contribution is -2.51. The van der Waals surface area contributed by atoms with E-state index in [1.165, 1.54) is 12.4 Å². The molecule has 0 spiro atoms. The van der Waals surface area contributed by atoms with E-state index in [1.54, 1.807) is 0 Å². The number of carbonyl (C=O) groups is 1. The number of oxime groups is 1. The number of aryl methyl sites for hydroxylation is 1. The van der Waals surface area contributed by atoms with E-state index >= 15 is 0 Å². The van der Waals surface area contributed by atoms with Gasteiger partial charge < -0.3 is 4.84 Å². The molecule has 0 aliphatic carbocycles. The van der Waals surface area contributed by atoms with Crippen molar-refractivity contribution in [2.75, 3.05) is 12.9 Å². The van der Waals surface area contributed by atoms with Crippen LogP contribution in [0.25, 0.3) is 0 Å². The number of nitrogens with zero attached hydrogens (tertiary/aromatic N) is 1. The van der Waals surface area contributed by atoms with Crippen molar-refractivity contribution < 1.29 is 27.6 Å². The second-order valence-corrected chi connectivity index (χ2v) is 9.41. The number of hydroxylamine groups is 1. The summed E-state index contributed by atoms with van der Waals surface area (Å²) in [6, 6.07) is 7.68. The summed E-state index contributed by atoms with van der Waals surface area (Å²) in [7, 11) is -3.79. The highest BCUT2D eigenvalue weighted by Gasteiger charge is 2.47. The summed E-state index contributed by atoms with van der Waals surface area (Å²) in [5.74, 6) is -1.00. The minimum atomic E-state index is -3.79. The zero-order valence-corrected chi connectivity index (χ0v) is 16.3. The fraction of sp³-hybridized carbons (Fsp3) is 0.556. The number of sulfone groups is 1. The Bertz CT molecular complexity index is 794. The van der Waals surface area contributed by atoms with Gasteiger partial charge in [0.15, 0.2) is 14.6 Å². The molecule has 1 aromatic rings. The summed E-state index contributed by atoms with van der Waals surface area (Å²) in [6.45, 7) is 0.940. The summed E-state index contributed by atoms with van der Waals surface area (Å²) in [6.07, 6.45) is 2.71. The molecular formula is C18H25FN2O5S. The van der Waals surface area contributed by atoms with E-state index in [0.29, 0.717) is 18.6 Å². The smallest absolute Gasteiger partial charge is 0.264 e. The van der Waals surface area contributed by atoms with Crippen LogP contribution in [0.5, 0.6) is 0 Å². The number of rotatable bonds is 9. The van der Waals surface area contributed by atoms with Crippen molar-refractivity contribution in [3.63, 3.8) is 0 Å². The Morgan fingerprint density at radius 3 is 2.59 bits per heavy atom. The molecule has 2 atom stereocenters. The maximum Gasteiger partial charge on any atom is 0.264 e. The minimum absolute atomic E-state index is 0.132. The van der Waals surface area contributed by atoms with Crippen molar-refractivity contribution in [1.29, 1.82) is 0 Å². The van der Waals surface area contributed by atoms with E-state index in [2.05, 4.69) is 5.16 Å². The zero-order valence-electron chi connectivity index (χ0n) is 15.4. The predicted octanol–water partition coefficient (Wildman–Crippen LogP) is 2.17. The van der Waals surface area contributed by atoms with Crippen LogP contribution in [0.4, 0.5) is 4.39 Å². The molecule has 0 aromatic heterocycles. The van der Waals surface area contributed by atoms with Gasteiger partial charge in [-0.05, 0) is 37.3 Å². The second kappa shape index (κ2) is 8.79. The normalized spacial score (nSPS) is 19.1. The van der Waals surface area contributed by atoms with Gasteiger partial charge in [-0.3, -0.25) is 14.4 Å². The van der Waals surface area contributed by atoms with Crippen molar-refractivity contribution in [1.82, 2.24) is 5.48 Å². The van der Waals surface area contributed by atoms with Crippen LogP contribution in [0.2, 0.25) is 0 Å². The molecule has 2 N–H and O–H groups in total. The molecule has 0 saturated carbocycles. The number of unbranched alkanes of at least 4 members (excludes halogenated alkanes) is 1. The molecule has 9 heteroatoms. The largest absolute Gasteiger partial charge is 0.392 e. The molecule has 7 nitrogen and oxygen atoms in total. The number of alkyl halides is 1. The number of carbonyl (C=O) groups excluding carboxylic acids is 1. The Balaban J connectivity index is 2.02. The molecule has 1 amide bonds. The summed E-state index contributed by atoms with van der Waals surface area (Å²) in [5, 5.41) is 12.9. The van der Waals surface area contributed by atoms with Gasteiger partial charge in [0, 0.05) is 19.1 Å². The van der Waals surface area contributed by atoms with Crippen molar-refractivity contribution in [2.24, 2.45) is 5.16 Å². The molecule has 150 valence electrons. The van der Waals surface area contributed by atoms with Crippen LogP contribution >= 0.6 is 0 Å². The Labute approximate surface area is 158 Å². The summed E-state index contributed by atoms with van der Waals surface area (Å²) in [5.41, 5.74) is 4.04. The van der Waals surface area contributed by atoms with Gasteiger partial charge in [-0.15, -0.1) is 0 Å². The van der Waals surface area contributed by atoms with Crippen LogP contribution in [0.3, 0.4) is 0 Å². The third kappa shape index (κ3) is 5.04. The van der Waals surface area contributed by atoms with E-state index in [0.717, 1.165) is 30.2 Å². The maximum atomic E-state index is 12.2. The van der Waals surface area contributed by atoms with E-state index in [-0.39, 0.29) is 13.1 Å². The first kappa shape index (κ1) is 21.3. The van der Waals surface area contributed by atoms with Gasteiger partial charge in [0.25, 0.3) is 5.91 Å². The molecule has 2 rings (SSSR count). The Morgan fingerprint density at radius 2 is 2.04 bits per heavy atom. The van der Waals surface area contributed by atoms with E-state index < -0.39 is 26.6 Å². The third-order valence-electron chi connectivity index (χ3n) is 4.89. The highest BCUT2D eigenvalue weighted by Crippen LogP contribution is 2.29. The van der Waals surface area contributed by atoms with Crippen LogP contribution in [-0.4, -0.2) is 49.0 Å². The van der Waals surface area contributed by atoms with Crippen LogP contribution < -0.4 is 5.48 Å². The van der Waals surface area contributed by atoms with Gasteiger partial charge in [-0.25, -0.2) is 13.9 Å². The number of halogens is 1. The number of amides is 1.